The lowest BCUT2D eigenvalue weighted by Crippen LogP contribution is -2.32. The summed E-state index contributed by atoms with van der Waals surface area (Å²) in [6, 6.07) is 6.33. The number of hydrogen-bond donors (Lipinski definition) is 0. The van der Waals surface area contributed by atoms with Crippen LogP contribution >= 0.6 is 0 Å². The van der Waals surface area contributed by atoms with Gasteiger partial charge in [-0.15, -0.1) is 0 Å². The van der Waals surface area contributed by atoms with Crippen molar-refractivity contribution in [1.29, 1.82) is 0 Å². The quantitative estimate of drug-likeness (QED) is 0.599. The fourth-order valence-electron chi connectivity index (χ4n) is 4.69. The van der Waals surface area contributed by atoms with Gasteiger partial charge in [-0.05, 0) is 37.8 Å². The molecule has 1 fully saturated rings. The van der Waals surface area contributed by atoms with E-state index in [2.05, 4.69) is 5.10 Å². The third-order valence-electron chi connectivity index (χ3n) is 6.42. The molecule has 0 radical (unpaired) electrons. The monoisotopic (exact) mass is 448 g/mol. The Labute approximate surface area is 191 Å². The molecule has 3 aromatic rings. The first-order chi connectivity index (χ1) is 15.9. The van der Waals surface area contributed by atoms with Crippen LogP contribution in [0, 0.1) is 12.7 Å². The lowest BCUT2D eigenvalue weighted by atomic mass is 10.1. The average Bonchev–Trinajstić information content (AvgIpc) is 3.52. The number of aryl methyl sites for hydroxylation is 2. The minimum absolute atomic E-state index is 0.0643. The Bertz CT molecular complexity index is 1240. The molecule has 4 heterocycles. The predicted octanol–water partition coefficient (Wildman–Crippen LogP) is 2.77. The summed E-state index contributed by atoms with van der Waals surface area (Å²) < 4.78 is 15.7. The summed E-state index contributed by atoms with van der Waals surface area (Å²) in [5.41, 5.74) is 2.65. The first-order valence-electron chi connectivity index (χ1n) is 11.1. The predicted molar refractivity (Wildman–Crippen MR) is 119 cm³/mol. The largest absolute Gasteiger partial charge is 0.328 e. The van der Waals surface area contributed by atoms with E-state index >= 15 is 0 Å². The summed E-state index contributed by atoms with van der Waals surface area (Å²) in [5, 5.41) is 4.11. The minimum atomic E-state index is -0.278. The zero-order chi connectivity index (χ0) is 23.1. The number of carbonyl (C=O) groups is 2. The van der Waals surface area contributed by atoms with Crippen LogP contribution in [0.15, 0.2) is 36.7 Å². The molecule has 2 amide bonds. The molecular formula is C24H25FN6O2. The van der Waals surface area contributed by atoms with Gasteiger partial charge in [-0.25, -0.2) is 14.4 Å². The van der Waals surface area contributed by atoms with Crippen LogP contribution < -0.4 is 4.90 Å². The van der Waals surface area contributed by atoms with Crippen LogP contribution in [0.4, 0.5) is 10.2 Å². The van der Waals surface area contributed by atoms with Crippen LogP contribution in [0.2, 0.25) is 0 Å². The number of carbonyl (C=O) groups excluding carboxylic acids is 2. The Morgan fingerprint density at radius 2 is 2.06 bits per heavy atom. The molecular weight excluding hydrogens is 423 g/mol. The molecule has 0 aliphatic carbocycles. The van der Waals surface area contributed by atoms with E-state index in [1.807, 2.05) is 6.92 Å². The summed E-state index contributed by atoms with van der Waals surface area (Å²) in [6.07, 6.45) is 5.51. The molecule has 1 atom stereocenters. The topological polar surface area (TPSA) is 84.2 Å². The van der Waals surface area contributed by atoms with Crippen LogP contribution in [0.3, 0.4) is 0 Å². The van der Waals surface area contributed by atoms with Gasteiger partial charge in [-0.1, -0.05) is 18.2 Å². The zero-order valence-electron chi connectivity index (χ0n) is 18.7. The van der Waals surface area contributed by atoms with Gasteiger partial charge in [0.1, 0.15) is 11.6 Å². The van der Waals surface area contributed by atoms with Gasteiger partial charge in [-0.2, -0.15) is 5.10 Å². The van der Waals surface area contributed by atoms with Crippen LogP contribution in [0.5, 0.6) is 0 Å². The number of likely N-dealkylation sites (tertiary alicyclic amines) is 1. The van der Waals surface area contributed by atoms with Crippen molar-refractivity contribution in [3.8, 4) is 0 Å². The van der Waals surface area contributed by atoms with Crippen LogP contribution in [0.25, 0.3) is 0 Å². The van der Waals surface area contributed by atoms with Crippen LogP contribution in [-0.2, 0) is 24.7 Å². The lowest BCUT2D eigenvalue weighted by molar-refractivity contribution is -0.117. The lowest BCUT2D eigenvalue weighted by Gasteiger charge is -2.25. The molecule has 2 aliphatic heterocycles. The van der Waals surface area contributed by atoms with E-state index in [-0.39, 0.29) is 30.1 Å². The van der Waals surface area contributed by atoms with E-state index in [1.165, 1.54) is 6.07 Å². The van der Waals surface area contributed by atoms with Gasteiger partial charge in [0.25, 0.3) is 5.91 Å². The highest BCUT2D eigenvalue weighted by Gasteiger charge is 2.36. The van der Waals surface area contributed by atoms with Crippen LogP contribution in [-0.4, -0.2) is 49.6 Å². The van der Waals surface area contributed by atoms with Gasteiger partial charge in [0.15, 0.2) is 5.82 Å². The van der Waals surface area contributed by atoms with Crippen molar-refractivity contribution in [3.63, 3.8) is 0 Å². The third-order valence-corrected chi connectivity index (χ3v) is 6.42. The Hall–Kier alpha value is -3.62. The highest BCUT2D eigenvalue weighted by Crippen LogP contribution is 2.35. The van der Waals surface area contributed by atoms with E-state index in [0.717, 1.165) is 24.1 Å². The number of aromatic nitrogens is 4. The fourth-order valence-corrected chi connectivity index (χ4v) is 4.69. The van der Waals surface area contributed by atoms with Gasteiger partial charge in [0.2, 0.25) is 5.91 Å². The molecule has 1 aromatic carbocycles. The third kappa shape index (κ3) is 3.88. The maximum atomic E-state index is 14.1. The fraction of sp³-hybridized carbons (Fsp3) is 0.375. The highest BCUT2D eigenvalue weighted by atomic mass is 19.1. The molecule has 9 heteroatoms. The number of rotatable bonds is 5. The number of hydrogen-bond acceptors (Lipinski definition) is 5. The zero-order valence-corrected chi connectivity index (χ0v) is 18.7. The van der Waals surface area contributed by atoms with Gasteiger partial charge < -0.3 is 4.90 Å². The first-order valence-corrected chi connectivity index (χ1v) is 11.1. The maximum Gasteiger partial charge on any atom is 0.257 e. The molecule has 0 bridgehead atoms. The summed E-state index contributed by atoms with van der Waals surface area (Å²) in [6.45, 7) is 2.83. The molecule has 2 aliphatic rings. The first kappa shape index (κ1) is 21.2. The molecule has 0 spiro atoms. The van der Waals surface area contributed by atoms with Gasteiger partial charge >= 0.3 is 0 Å². The van der Waals surface area contributed by atoms with Crippen molar-refractivity contribution >= 4 is 17.6 Å². The number of halogens is 1. The molecule has 33 heavy (non-hydrogen) atoms. The second kappa shape index (κ2) is 8.38. The highest BCUT2D eigenvalue weighted by molar-refractivity contribution is 6.00. The Morgan fingerprint density at radius 1 is 1.24 bits per heavy atom. The number of amides is 2. The van der Waals surface area contributed by atoms with Crippen LogP contribution in [0.1, 0.15) is 51.9 Å². The van der Waals surface area contributed by atoms with Crippen molar-refractivity contribution in [3.05, 3.63) is 70.7 Å². The molecule has 170 valence electrons. The molecule has 1 saturated heterocycles. The molecule has 2 aromatic heterocycles. The van der Waals surface area contributed by atoms with E-state index in [9.17, 15) is 14.0 Å². The number of nitrogens with zero attached hydrogens (tertiary/aromatic N) is 6. The Balaban J connectivity index is 1.42. The van der Waals surface area contributed by atoms with E-state index in [0.29, 0.717) is 42.3 Å². The summed E-state index contributed by atoms with van der Waals surface area (Å²) in [5.74, 6) is 0.691. The van der Waals surface area contributed by atoms with Crippen molar-refractivity contribution < 1.29 is 14.0 Å². The van der Waals surface area contributed by atoms with Crippen molar-refractivity contribution in [2.75, 3.05) is 18.0 Å². The number of fused-ring (bicyclic) bond motifs is 1. The van der Waals surface area contributed by atoms with Gasteiger partial charge in [0, 0.05) is 37.6 Å². The van der Waals surface area contributed by atoms with Gasteiger partial charge in [-0.3, -0.25) is 19.2 Å². The second-order valence-corrected chi connectivity index (χ2v) is 8.59. The standard InChI is InChI=1S/C24H25FN6O2/c1-15-18-12-21(32)31(11-9-16-6-3-4-7-19(16)25)23(18)28-22(27-15)20-8-5-10-30(20)24(33)17-13-26-29(2)14-17/h3-4,6-7,13-14,20H,5,8-12H2,1-2H3. The SMILES string of the molecule is Cc1nc(C2CCCN2C(=O)c2cnn(C)c2)nc2c1CC(=O)N2CCc1ccccc1F. The molecule has 1 unspecified atom stereocenters. The molecule has 0 saturated carbocycles. The van der Waals surface area contributed by atoms with Crippen molar-refractivity contribution in [1.82, 2.24) is 24.6 Å². The normalized spacial score (nSPS) is 17.7. The van der Waals surface area contributed by atoms with Gasteiger partial charge in [0.05, 0.1) is 24.2 Å². The minimum Gasteiger partial charge on any atom is -0.328 e. The van der Waals surface area contributed by atoms with E-state index in [1.54, 1.807) is 52.1 Å². The average molecular weight is 449 g/mol. The maximum absolute atomic E-state index is 14.1. The molecule has 5 rings (SSSR count). The summed E-state index contributed by atoms with van der Waals surface area (Å²) in [4.78, 5) is 38.8. The van der Waals surface area contributed by atoms with E-state index < -0.39 is 0 Å². The second-order valence-electron chi connectivity index (χ2n) is 8.59. The molecule has 0 N–H and O–H groups in total. The number of benzene rings is 1. The Morgan fingerprint density at radius 3 is 2.82 bits per heavy atom. The summed E-state index contributed by atoms with van der Waals surface area (Å²) in [7, 11) is 1.78. The van der Waals surface area contributed by atoms with E-state index in [4.69, 9.17) is 9.97 Å². The van der Waals surface area contributed by atoms with Crippen molar-refractivity contribution in [2.45, 2.75) is 38.6 Å². The smallest absolute Gasteiger partial charge is 0.257 e. The Kier molecular flexibility index (Phi) is 5.39. The molecule has 8 nitrogen and oxygen atoms in total. The number of anilines is 1. The summed E-state index contributed by atoms with van der Waals surface area (Å²) >= 11 is 0. The van der Waals surface area contributed by atoms with Crippen molar-refractivity contribution in [2.24, 2.45) is 7.05 Å².